The summed E-state index contributed by atoms with van der Waals surface area (Å²) in [7, 11) is 1.29. The highest BCUT2D eigenvalue weighted by atomic mass is 16.5. The van der Waals surface area contributed by atoms with Crippen LogP contribution in [-0.2, 0) is 14.3 Å². The number of amides is 4. The SMILES string of the molecule is COC(=O)N[C@H](C(=O)N1C(C)CCC1c1nc(-c2ccc3cc(C#Cc4c[nH]c([C@@H]5C[C@H]6C[C@H]6N5C(=O)[C@@H](NC(=O)O)C(C)C)n4)ccc3c2)c[nH]1)C(C)C. The molecule has 7 atom stereocenters. The first-order chi connectivity index (χ1) is 26.3. The molecule has 55 heavy (non-hydrogen) atoms. The Labute approximate surface area is 319 Å². The first-order valence-electron chi connectivity index (χ1n) is 19.0. The van der Waals surface area contributed by atoms with Crippen molar-refractivity contribution >= 4 is 34.8 Å². The molecule has 288 valence electrons. The van der Waals surface area contributed by atoms with Gasteiger partial charge in [-0.15, -0.1) is 0 Å². The van der Waals surface area contributed by atoms with Crippen molar-refractivity contribution in [2.45, 2.75) is 96.6 Å². The summed E-state index contributed by atoms with van der Waals surface area (Å²) in [5.41, 5.74) is 3.10. The zero-order valence-corrected chi connectivity index (χ0v) is 31.9. The van der Waals surface area contributed by atoms with E-state index in [2.05, 4.69) is 38.5 Å². The number of fused-ring (bicyclic) bond motifs is 2. The lowest BCUT2D eigenvalue weighted by atomic mass is 10.0. The summed E-state index contributed by atoms with van der Waals surface area (Å²) in [5, 5.41) is 16.5. The van der Waals surface area contributed by atoms with Crippen molar-refractivity contribution in [3.05, 3.63) is 71.7 Å². The van der Waals surface area contributed by atoms with E-state index in [1.54, 1.807) is 6.20 Å². The number of carbonyl (C=O) groups excluding carboxylic acids is 3. The van der Waals surface area contributed by atoms with E-state index in [-0.39, 0.29) is 47.8 Å². The predicted octanol–water partition coefficient (Wildman–Crippen LogP) is 5.74. The number of methoxy groups -OCH3 is 1. The normalized spacial score (nSPS) is 22.6. The van der Waals surface area contributed by atoms with Crippen molar-refractivity contribution in [3.8, 4) is 23.1 Å². The molecule has 2 unspecified atom stereocenters. The number of ether oxygens (including phenoxy) is 1. The zero-order valence-electron chi connectivity index (χ0n) is 31.9. The van der Waals surface area contributed by atoms with Crippen LogP contribution in [0.25, 0.3) is 22.0 Å². The van der Waals surface area contributed by atoms with E-state index in [9.17, 15) is 24.3 Å². The average molecular weight is 749 g/mol. The number of aromatic nitrogens is 4. The summed E-state index contributed by atoms with van der Waals surface area (Å²) in [6.07, 6.45) is 5.07. The van der Waals surface area contributed by atoms with Crippen molar-refractivity contribution in [1.82, 2.24) is 40.4 Å². The Hall–Kier alpha value is -5.84. The number of piperidine rings is 1. The molecule has 1 saturated carbocycles. The van der Waals surface area contributed by atoms with E-state index < -0.39 is 24.3 Å². The minimum atomic E-state index is -1.21. The van der Waals surface area contributed by atoms with Gasteiger partial charge in [0.2, 0.25) is 11.8 Å². The molecule has 3 aliphatic rings. The summed E-state index contributed by atoms with van der Waals surface area (Å²) >= 11 is 0. The molecule has 14 heteroatoms. The molecule has 0 radical (unpaired) electrons. The van der Waals surface area contributed by atoms with Crippen molar-refractivity contribution in [1.29, 1.82) is 0 Å². The highest BCUT2D eigenvalue weighted by molar-refractivity contribution is 5.89. The maximum absolute atomic E-state index is 13.7. The molecule has 3 fully saturated rings. The molecular weight excluding hydrogens is 701 g/mol. The summed E-state index contributed by atoms with van der Waals surface area (Å²) in [6, 6.07) is 10.2. The van der Waals surface area contributed by atoms with Crippen LogP contribution in [-0.4, -0.2) is 90.1 Å². The van der Waals surface area contributed by atoms with Crippen LogP contribution >= 0.6 is 0 Å². The highest BCUT2D eigenvalue weighted by Crippen LogP contribution is 2.53. The van der Waals surface area contributed by atoms with Gasteiger partial charge in [-0.25, -0.2) is 19.6 Å². The second kappa shape index (κ2) is 15.1. The van der Waals surface area contributed by atoms with Gasteiger partial charge in [-0.2, -0.15) is 0 Å². The summed E-state index contributed by atoms with van der Waals surface area (Å²) in [5.74, 6) is 7.47. The number of H-pyrrole nitrogens is 2. The summed E-state index contributed by atoms with van der Waals surface area (Å²) < 4.78 is 4.78. The van der Waals surface area contributed by atoms with Crippen LogP contribution in [0.15, 0.2) is 48.8 Å². The van der Waals surface area contributed by atoms with E-state index in [0.29, 0.717) is 23.3 Å². The molecule has 0 bridgehead atoms. The smallest absolute Gasteiger partial charge is 0.407 e. The number of alkyl carbamates (subject to hydrolysis) is 1. The Kier molecular flexibility index (Phi) is 10.3. The van der Waals surface area contributed by atoms with Crippen molar-refractivity contribution in [2.75, 3.05) is 7.11 Å². The number of nitrogens with one attached hydrogen (secondary N) is 4. The van der Waals surface area contributed by atoms with Crippen LogP contribution in [0.5, 0.6) is 0 Å². The lowest BCUT2D eigenvalue weighted by Gasteiger charge is -2.32. The second-order valence-corrected chi connectivity index (χ2v) is 15.6. The molecule has 4 heterocycles. The van der Waals surface area contributed by atoms with Crippen LogP contribution in [0.3, 0.4) is 0 Å². The van der Waals surface area contributed by atoms with Gasteiger partial charge in [-0.3, -0.25) is 9.59 Å². The fourth-order valence-electron chi connectivity index (χ4n) is 8.15. The Morgan fingerprint density at radius 1 is 0.836 bits per heavy atom. The Morgan fingerprint density at radius 3 is 2.24 bits per heavy atom. The fourth-order valence-corrected chi connectivity index (χ4v) is 8.15. The lowest BCUT2D eigenvalue weighted by Crippen LogP contribution is -2.52. The predicted molar refractivity (Wildman–Crippen MR) is 204 cm³/mol. The van der Waals surface area contributed by atoms with Gasteiger partial charge in [0.05, 0.1) is 24.9 Å². The van der Waals surface area contributed by atoms with Crippen LogP contribution in [0.2, 0.25) is 0 Å². The topological polar surface area (TPSA) is 186 Å². The van der Waals surface area contributed by atoms with Gasteiger partial charge in [-0.05, 0) is 85.3 Å². The number of rotatable bonds is 9. The molecule has 2 saturated heterocycles. The molecule has 4 aromatic rings. The third-order valence-electron chi connectivity index (χ3n) is 11.2. The van der Waals surface area contributed by atoms with Crippen LogP contribution < -0.4 is 10.6 Å². The number of aromatic amines is 2. The van der Waals surface area contributed by atoms with Gasteiger partial charge in [0, 0.05) is 35.6 Å². The number of carbonyl (C=O) groups is 4. The number of carboxylic acid groups (broad SMARTS) is 1. The minimum Gasteiger partial charge on any atom is -0.465 e. The Morgan fingerprint density at radius 2 is 1.51 bits per heavy atom. The molecule has 2 aromatic heterocycles. The van der Waals surface area contributed by atoms with Gasteiger partial charge in [0.25, 0.3) is 0 Å². The molecule has 1 aliphatic carbocycles. The number of likely N-dealkylation sites (tertiary alicyclic amines) is 2. The number of hydrogen-bond acceptors (Lipinski definition) is 7. The van der Waals surface area contributed by atoms with Crippen molar-refractivity contribution in [2.24, 2.45) is 17.8 Å². The monoisotopic (exact) mass is 748 g/mol. The van der Waals surface area contributed by atoms with Gasteiger partial charge in [0.1, 0.15) is 29.4 Å². The average Bonchev–Trinajstić information content (AvgIpc) is 3.63. The van der Waals surface area contributed by atoms with E-state index in [1.807, 2.05) is 80.9 Å². The molecule has 4 amide bonds. The lowest BCUT2D eigenvalue weighted by molar-refractivity contribution is -0.137. The summed E-state index contributed by atoms with van der Waals surface area (Å²) in [6.45, 7) is 9.49. The number of nitrogens with zero attached hydrogens (tertiary/aromatic N) is 4. The van der Waals surface area contributed by atoms with Crippen molar-refractivity contribution in [3.63, 3.8) is 0 Å². The third-order valence-corrected chi connectivity index (χ3v) is 11.2. The largest absolute Gasteiger partial charge is 0.465 e. The molecule has 0 spiro atoms. The van der Waals surface area contributed by atoms with E-state index >= 15 is 0 Å². The minimum absolute atomic E-state index is 0.00840. The molecule has 14 nitrogen and oxygen atoms in total. The van der Waals surface area contributed by atoms with Gasteiger partial charge >= 0.3 is 12.2 Å². The maximum atomic E-state index is 13.7. The maximum Gasteiger partial charge on any atom is 0.407 e. The second-order valence-electron chi connectivity index (χ2n) is 15.6. The van der Waals surface area contributed by atoms with Crippen LogP contribution in [0.4, 0.5) is 9.59 Å². The van der Waals surface area contributed by atoms with Crippen LogP contribution in [0.1, 0.15) is 95.3 Å². The number of hydrogen-bond donors (Lipinski definition) is 5. The summed E-state index contributed by atoms with van der Waals surface area (Å²) in [4.78, 5) is 70.6. The van der Waals surface area contributed by atoms with Gasteiger partial charge in [-0.1, -0.05) is 51.8 Å². The molecule has 2 aliphatic heterocycles. The molecule has 7 rings (SSSR count). The van der Waals surface area contributed by atoms with E-state index in [0.717, 1.165) is 53.3 Å². The quantitative estimate of drug-likeness (QED) is 0.134. The highest BCUT2D eigenvalue weighted by Gasteiger charge is 2.56. The number of benzene rings is 2. The fraction of sp³-hybridized carbons (Fsp3) is 0.463. The van der Waals surface area contributed by atoms with Crippen molar-refractivity contribution < 1.29 is 29.0 Å². The standard InChI is InChI=1S/C41H48N8O6/c1-21(2)34(46-40(52)53)39(51)49-32-17-28(32)18-33(49)37-42-19-29(44-37)13-9-24-8-10-26-16-27(12-11-25(26)15-24)30-20-43-36(45-30)31-14-7-23(5)48(31)38(50)35(22(3)4)47-41(54)55-6/h8,10-12,15-16,19-23,28,31-35,46H,7,14,17-18H2,1-6H3,(H,42,44)(H,43,45)(H,47,54)(H,52,53)/t23?,28-,31?,32-,33+,34+,35+/m1/s1. The Bertz CT molecular complexity index is 2180. The van der Waals surface area contributed by atoms with E-state index in [1.165, 1.54) is 7.11 Å². The van der Waals surface area contributed by atoms with E-state index in [4.69, 9.17) is 14.7 Å². The Balaban J connectivity index is 1.04. The molecular formula is C41H48N8O6. The van der Waals surface area contributed by atoms with Gasteiger partial charge < -0.3 is 40.2 Å². The zero-order chi connectivity index (χ0) is 39.1. The molecule has 2 aromatic carbocycles. The molecule has 5 N–H and O–H groups in total. The van der Waals surface area contributed by atoms with Gasteiger partial charge in [0.15, 0.2) is 0 Å². The third kappa shape index (κ3) is 7.61. The number of imidazole rings is 2. The first-order valence-corrected chi connectivity index (χ1v) is 19.0. The van der Waals surface area contributed by atoms with Crippen LogP contribution in [0, 0.1) is 29.6 Å². The first kappa shape index (κ1) is 37.5.